The predicted molar refractivity (Wildman–Crippen MR) is 77.0 cm³/mol. The van der Waals surface area contributed by atoms with Gasteiger partial charge in [-0.3, -0.25) is 9.59 Å². The fourth-order valence-electron chi connectivity index (χ4n) is 2.20. The summed E-state index contributed by atoms with van der Waals surface area (Å²) in [5.74, 6) is -0.510. The molecule has 0 aliphatic carbocycles. The first-order valence-corrected chi connectivity index (χ1v) is 7.20. The van der Waals surface area contributed by atoms with Crippen LogP contribution in [0.3, 0.4) is 0 Å². The number of carbonyl (C=O) groups excluding carboxylic acids is 2. The molecule has 0 bridgehead atoms. The van der Waals surface area contributed by atoms with Crippen molar-refractivity contribution in [3.63, 3.8) is 0 Å². The van der Waals surface area contributed by atoms with Crippen LogP contribution in [0.4, 0.5) is 0 Å². The van der Waals surface area contributed by atoms with Gasteiger partial charge in [0.15, 0.2) is 0 Å². The highest BCUT2D eigenvalue weighted by molar-refractivity contribution is 9.10. The Hall–Kier alpha value is -1.07. The normalized spacial score (nSPS) is 16.4. The largest absolute Gasteiger partial charge is 0.369 e. The summed E-state index contributed by atoms with van der Waals surface area (Å²) >= 11 is 9.37. The van der Waals surface area contributed by atoms with Crippen LogP contribution < -0.4 is 5.73 Å². The van der Waals surface area contributed by atoms with Gasteiger partial charge in [0.1, 0.15) is 0 Å². The number of nitrogens with zero attached hydrogens (tertiary/aromatic N) is 1. The number of benzene rings is 1. The van der Waals surface area contributed by atoms with Crippen LogP contribution in [-0.4, -0.2) is 29.8 Å². The van der Waals surface area contributed by atoms with Crippen LogP contribution in [0.5, 0.6) is 0 Å². The Bertz CT molecular complexity index is 513. The highest BCUT2D eigenvalue weighted by Crippen LogP contribution is 2.25. The number of halogens is 2. The van der Waals surface area contributed by atoms with Crippen molar-refractivity contribution in [2.45, 2.75) is 12.8 Å². The van der Waals surface area contributed by atoms with E-state index < -0.39 is 0 Å². The van der Waals surface area contributed by atoms with E-state index in [2.05, 4.69) is 15.9 Å². The summed E-state index contributed by atoms with van der Waals surface area (Å²) in [5.41, 5.74) is 5.75. The van der Waals surface area contributed by atoms with Crippen molar-refractivity contribution in [2.75, 3.05) is 13.1 Å². The summed E-state index contributed by atoms with van der Waals surface area (Å²) in [6, 6.07) is 5.19. The number of hydrogen-bond acceptors (Lipinski definition) is 2. The Morgan fingerprint density at radius 2 is 1.95 bits per heavy atom. The van der Waals surface area contributed by atoms with E-state index >= 15 is 0 Å². The molecule has 1 aromatic rings. The molecule has 19 heavy (non-hydrogen) atoms. The van der Waals surface area contributed by atoms with Gasteiger partial charge in [0.2, 0.25) is 5.91 Å². The van der Waals surface area contributed by atoms with Crippen LogP contribution in [0.2, 0.25) is 5.02 Å². The Labute approximate surface area is 125 Å². The molecule has 2 rings (SSSR count). The predicted octanol–water partition coefficient (Wildman–Crippen LogP) is 2.44. The van der Waals surface area contributed by atoms with Crippen LogP contribution >= 0.6 is 27.5 Å². The van der Waals surface area contributed by atoms with Gasteiger partial charge in [0.25, 0.3) is 5.91 Å². The monoisotopic (exact) mass is 344 g/mol. The molecule has 1 heterocycles. The molecule has 0 atom stereocenters. The zero-order valence-corrected chi connectivity index (χ0v) is 12.6. The highest BCUT2D eigenvalue weighted by Gasteiger charge is 2.27. The van der Waals surface area contributed by atoms with Gasteiger partial charge in [-0.25, -0.2) is 0 Å². The quantitative estimate of drug-likeness (QED) is 0.895. The molecule has 0 aromatic heterocycles. The molecule has 1 fully saturated rings. The second-order valence-corrected chi connectivity index (χ2v) is 5.92. The maximum atomic E-state index is 12.4. The Balaban J connectivity index is 2.09. The van der Waals surface area contributed by atoms with Gasteiger partial charge < -0.3 is 10.6 Å². The van der Waals surface area contributed by atoms with Gasteiger partial charge in [0, 0.05) is 23.5 Å². The third-order valence-electron chi connectivity index (χ3n) is 3.34. The minimum atomic E-state index is -0.285. The molecule has 0 spiro atoms. The first-order chi connectivity index (χ1) is 8.99. The molecule has 1 aliphatic rings. The second-order valence-electron chi connectivity index (χ2n) is 4.59. The van der Waals surface area contributed by atoms with Crippen LogP contribution in [0, 0.1) is 5.92 Å². The van der Waals surface area contributed by atoms with E-state index in [0.29, 0.717) is 36.5 Å². The summed E-state index contributed by atoms with van der Waals surface area (Å²) in [7, 11) is 0. The molecule has 0 saturated carbocycles. The van der Waals surface area contributed by atoms with Gasteiger partial charge in [0.05, 0.1) is 10.6 Å². The summed E-state index contributed by atoms with van der Waals surface area (Å²) in [4.78, 5) is 25.2. The highest BCUT2D eigenvalue weighted by atomic mass is 79.9. The van der Waals surface area contributed by atoms with Crippen LogP contribution in [0.25, 0.3) is 0 Å². The number of likely N-dealkylation sites (tertiary alicyclic amines) is 1. The maximum absolute atomic E-state index is 12.4. The first kappa shape index (κ1) is 14.3. The molecule has 1 saturated heterocycles. The lowest BCUT2D eigenvalue weighted by molar-refractivity contribution is -0.123. The average molecular weight is 346 g/mol. The number of amides is 2. The van der Waals surface area contributed by atoms with Crippen molar-refractivity contribution < 1.29 is 9.59 Å². The van der Waals surface area contributed by atoms with E-state index in [9.17, 15) is 9.59 Å². The topological polar surface area (TPSA) is 63.4 Å². The van der Waals surface area contributed by atoms with E-state index in [4.69, 9.17) is 17.3 Å². The van der Waals surface area contributed by atoms with E-state index in [-0.39, 0.29) is 17.7 Å². The van der Waals surface area contributed by atoms with Crippen molar-refractivity contribution in [2.24, 2.45) is 11.7 Å². The molecule has 1 aliphatic heterocycles. The molecule has 2 amide bonds. The molecule has 4 nitrogen and oxygen atoms in total. The number of nitrogens with two attached hydrogens (primary N) is 1. The molecular weight excluding hydrogens is 332 g/mol. The first-order valence-electron chi connectivity index (χ1n) is 6.02. The third-order valence-corrected chi connectivity index (χ3v) is 4.17. The van der Waals surface area contributed by atoms with Crippen molar-refractivity contribution in [3.05, 3.63) is 33.3 Å². The molecule has 102 valence electrons. The Morgan fingerprint density at radius 1 is 1.32 bits per heavy atom. The minimum absolute atomic E-state index is 0.103. The summed E-state index contributed by atoms with van der Waals surface area (Å²) < 4.78 is 0.812. The number of rotatable bonds is 2. The van der Waals surface area contributed by atoms with Crippen molar-refractivity contribution in [1.82, 2.24) is 4.90 Å². The second kappa shape index (κ2) is 5.92. The molecule has 0 unspecified atom stereocenters. The van der Waals surface area contributed by atoms with Crippen LogP contribution in [-0.2, 0) is 4.79 Å². The lowest BCUT2D eigenvalue weighted by atomic mass is 9.96. The fourth-order valence-corrected chi connectivity index (χ4v) is 2.76. The average Bonchev–Trinajstić information content (AvgIpc) is 2.41. The Morgan fingerprint density at radius 3 is 2.53 bits per heavy atom. The number of carbonyl (C=O) groups is 2. The summed E-state index contributed by atoms with van der Waals surface area (Å²) in [6.45, 7) is 1.07. The van der Waals surface area contributed by atoms with Gasteiger partial charge >= 0.3 is 0 Å². The number of primary amides is 1. The van der Waals surface area contributed by atoms with Gasteiger partial charge in [-0.05, 0) is 31.0 Å². The van der Waals surface area contributed by atoms with Gasteiger partial charge in [-0.2, -0.15) is 0 Å². The van der Waals surface area contributed by atoms with Crippen molar-refractivity contribution >= 4 is 39.3 Å². The maximum Gasteiger partial charge on any atom is 0.255 e. The lowest BCUT2D eigenvalue weighted by Crippen LogP contribution is -2.41. The van der Waals surface area contributed by atoms with Crippen LogP contribution in [0.1, 0.15) is 23.2 Å². The fraction of sp³-hybridized carbons (Fsp3) is 0.385. The Kier molecular flexibility index (Phi) is 4.47. The van der Waals surface area contributed by atoms with E-state index in [1.807, 2.05) is 0 Å². The lowest BCUT2D eigenvalue weighted by Gasteiger charge is -2.30. The molecule has 6 heteroatoms. The number of hydrogen-bond donors (Lipinski definition) is 1. The third kappa shape index (κ3) is 3.28. The van der Waals surface area contributed by atoms with E-state index in [0.717, 1.165) is 4.47 Å². The minimum Gasteiger partial charge on any atom is -0.369 e. The standard InChI is InChI=1S/C13H14BrClN2O2/c14-9-1-2-11(15)10(7-9)13(19)17-5-3-8(4-6-17)12(16)18/h1-2,7-8H,3-6H2,(H2,16,18). The molecule has 0 radical (unpaired) electrons. The van der Waals surface area contributed by atoms with Gasteiger partial charge in [-0.1, -0.05) is 27.5 Å². The van der Waals surface area contributed by atoms with Crippen molar-refractivity contribution in [1.29, 1.82) is 0 Å². The summed E-state index contributed by atoms with van der Waals surface area (Å²) in [6.07, 6.45) is 1.24. The molecule has 1 aromatic carbocycles. The summed E-state index contributed by atoms with van der Waals surface area (Å²) in [5, 5.41) is 0.435. The van der Waals surface area contributed by atoms with Crippen LogP contribution in [0.15, 0.2) is 22.7 Å². The van der Waals surface area contributed by atoms with E-state index in [1.165, 1.54) is 0 Å². The number of piperidine rings is 1. The smallest absolute Gasteiger partial charge is 0.255 e. The van der Waals surface area contributed by atoms with E-state index in [1.54, 1.807) is 23.1 Å². The zero-order chi connectivity index (χ0) is 14.0. The molecule has 2 N–H and O–H groups in total. The SMILES string of the molecule is NC(=O)C1CCN(C(=O)c2cc(Br)ccc2Cl)CC1. The van der Waals surface area contributed by atoms with Crippen molar-refractivity contribution in [3.8, 4) is 0 Å². The molecular formula is C13H14BrClN2O2. The zero-order valence-electron chi connectivity index (χ0n) is 10.2. The van der Waals surface area contributed by atoms with Gasteiger partial charge in [-0.15, -0.1) is 0 Å².